The zero-order valence-corrected chi connectivity index (χ0v) is 14.7. The molecule has 136 valence electrons. The summed E-state index contributed by atoms with van der Waals surface area (Å²) in [6.45, 7) is 5.37. The summed E-state index contributed by atoms with van der Waals surface area (Å²) >= 11 is 0. The van der Waals surface area contributed by atoms with Crippen LogP contribution in [-0.4, -0.2) is 24.9 Å². The van der Waals surface area contributed by atoms with Crippen LogP contribution < -0.4 is 10.4 Å². The molecule has 6 heteroatoms. The van der Waals surface area contributed by atoms with Crippen LogP contribution in [0.4, 0.5) is 0 Å². The molecular formula is C20H20O6. The van der Waals surface area contributed by atoms with E-state index in [9.17, 15) is 9.90 Å². The molecule has 1 aromatic carbocycles. The minimum atomic E-state index is -0.577. The van der Waals surface area contributed by atoms with Crippen molar-refractivity contribution in [3.05, 3.63) is 45.8 Å². The fourth-order valence-electron chi connectivity index (χ4n) is 3.12. The standard InChI is InChI=1S/C20H20O6/c1-11-18(21)12(2)20(22)26-19(11)17-8-14-7-15(3-4-16(14)25-17)24-10-13-5-6-23-9-13/h3-4,7-8,13,21H,5-6,9-10H2,1-2H3. The van der Waals surface area contributed by atoms with E-state index < -0.39 is 5.63 Å². The Morgan fingerprint density at radius 1 is 1.19 bits per heavy atom. The van der Waals surface area contributed by atoms with E-state index in [1.807, 2.05) is 18.2 Å². The lowest BCUT2D eigenvalue weighted by Crippen LogP contribution is -2.11. The number of hydrogen-bond acceptors (Lipinski definition) is 6. The van der Waals surface area contributed by atoms with Gasteiger partial charge in [0, 0.05) is 23.5 Å². The zero-order chi connectivity index (χ0) is 18.3. The molecular weight excluding hydrogens is 336 g/mol. The van der Waals surface area contributed by atoms with Crippen LogP contribution in [0.5, 0.6) is 11.5 Å². The van der Waals surface area contributed by atoms with Gasteiger partial charge in [-0.3, -0.25) is 0 Å². The molecule has 2 aromatic heterocycles. The van der Waals surface area contributed by atoms with Gasteiger partial charge in [-0.05, 0) is 44.5 Å². The first-order chi connectivity index (χ1) is 12.5. The van der Waals surface area contributed by atoms with Gasteiger partial charge in [0.05, 0.1) is 18.8 Å². The van der Waals surface area contributed by atoms with E-state index in [2.05, 4.69) is 0 Å². The van der Waals surface area contributed by atoms with Gasteiger partial charge in [0.25, 0.3) is 0 Å². The molecule has 1 saturated heterocycles. The van der Waals surface area contributed by atoms with Crippen LogP contribution in [0.3, 0.4) is 0 Å². The maximum absolute atomic E-state index is 11.9. The molecule has 0 saturated carbocycles. The maximum Gasteiger partial charge on any atom is 0.343 e. The lowest BCUT2D eigenvalue weighted by molar-refractivity contribution is 0.167. The van der Waals surface area contributed by atoms with Crippen LogP contribution in [-0.2, 0) is 4.74 Å². The van der Waals surface area contributed by atoms with Crippen LogP contribution in [0.15, 0.2) is 37.9 Å². The van der Waals surface area contributed by atoms with Crippen LogP contribution in [0, 0.1) is 19.8 Å². The molecule has 4 rings (SSSR count). The molecule has 0 spiro atoms. The second kappa shape index (κ2) is 6.53. The zero-order valence-electron chi connectivity index (χ0n) is 14.7. The highest BCUT2D eigenvalue weighted by Crippen LogP contribution is 2.34. The van der Waals surface area contributed by atoms with Gasteiger partial charge in [0.2, 0.25) is 0 Å². The van der Waals surface area contributed by atoms with Crippen molar-refractivity contribution in [3.63, 3.8) is 0 Å². The Morgan fingerprint density at radius 3 is 2.81 bits per heavy atom. The fourth-order valence-corrected chi connectivity index (χ4v) is 3.12. The topological polar surface area (TPSA) is 82.0 Å². The Morgan fingerprint density at radius 2 is 2.04 bits per heavy atom. The number of furan rings is 1. The molecule has 1 fully saturated rings. The Bertz CT molecular complexity index is 1010. The van der Waals surface area contributed by atoms with Gasteiger partial charge in [-0.2, -0.15) is 0 Å². The van der Waals surface area contributed by atoms with E-state index >= 15 is 0 Å². The van der Waals surface area contributed by atoms with Gasteiger partial charge < -0.3 is 23.4 Å². The van der Waals surface area contributed by atoms with E-state index in [4.69, 9.17) is 18.3 Å². The van der Waals surface area contributed by atoms with E-state index in [0.717, 1.165) is 30.8 Å². The molecule has 0 bridgehead atoms. The molecule has 1 aliphatic rings. The van der Waals surface area contributed by atoms with E-state index in [1.165, 1.54) is 6.92 Å². The van der Waals surface area contributed by atoms with Crippen molar-refractivity contribution in [2.45, 2.75) is 20.3 Å². The molecule has 1 atom stereocenters. The molecule has 3 aromatic rings. The highest BCUT2D eigenvalue weighted by Gasteiger charge is 2.19. The number of ether oxygens (including phenoxy) is 2. The first kappa shape index (κ1) is 16.7. The molecule has 0 aliphatic carbocycles. The largest absolute Gasteiger partial charge is 0.507 e. The van der Waals surface area contributed by atoms with Gasteiger partial charge >= 0.3 is 5.63 Å². The van der Waals surface area contributed by atoms with Gasteiger partial charge in [-0.25, -0.2) is 4.79 Å². The average molecular weight is 356 g/mol. The summed E-state index contributed by atoms with van der Waals surface area (Å²) in [4.78, 5) is 11.9. The summed E-state index contributed by atoms with van der Waals surface area (Å²) in [7, 11) is 0. The normalized spacial score (nSPS) is 17.1. The second-order valence-corrected chi connectivity index (χ2v) is 6.67. The minimum absolute atomic E-state index is 0.0699. The number of aromatic hydroxyl groups is 1. The summed E-state index contributed by atoms with van der Waals surface area (Å²) in [5, 5.41) is 10.9. The number of rotatable bonds is 4. The van der Waals surface area contributed by atoms with Crippen molar-refractivity contribution in [1.29, 1.82) is 0 Å². The molecule has 1 unspecified atom stereocenters. The van der Waals surface area contributed by atoms with Crippen LogP contribution in [0.25, 0.3) is 22.5 Å². The Hall–Kier alpha value is -2.73. The van der Waals surface area contributed by atoms with Gasteiger partial charge in [-0.15, -0.1) is 0 Å². The number of hydrogen-bond donors (Lipinski definition) is 1. The van der Waals surface area contributed by atoms with E-state index in [1.54, 1.807) is 13.0 Å². The Kier molecular flexibility index (Phi) is 4.20. The van der Waals surface area contributed by atoms with Crippen LogP contribution in [0.2, 0.25) is 0 Å². The molecule has 3 heterocycles. The molecule has 6 nitrogen and oxygen atoms in total. The predicted molar refractivity (Wildman–Crippen MR) is 95.7 cm³/mol. The monoisotopic (exact) mass is 356 g/mol. The summed E-state index contributed by atoms with van der Waals surface area (Å²) in [6, 6.07) is 7.34. The number of benzene rings is 1. The third-order valence-electron chi connectivity index (χ3n) is 4.77. The fraction of sp³-hybridized carbons (Fsp3) is 0.350. The molecule has 0 radical (unpaired) electrons. The Balaban J connectivity index is 1.65. The van der Waals surface area contributed by atoms with Crippen molar-refractivity contribution >= 4 is 11.0 Å². The predicted octanol–water partition coefficient (Wildman–Crippen LogP) is 3.79. The smallest absolute Gasteiger partial charge is 0.343 e. The van der Waals surface area contributed by atoms with Crippen molar-refractivity contribution < 1.29 is 23.4 Å². The highest BCUT2D eigenvalue weighted by molar-refractivity contribution is 5.83. The SMILES string of the molecule is Cc1c(-c2cc3cc(OCC4CCOC4)ccc3o2)oc(=O)c(C)c1O. The molecule has 1 N–H and O–H groups in total. The lowest BCUT2D eigenvalue weighted by Gasteiger charge is -2.09. The Labute approximate surface area is 150 Å². The first-order valence-corrected chi connectivity index (χ1v) is 8.60. The van der Waals surface area contributed by atoms with Gasteiger partial charge in [-0.1, -0.05) is 0 Å². The second-order valence-electron chi connectivity index (χ2n) is 6.67. The lowest BCUT2D eigenvalue weighted by atomic mass is 10.1. The van der Waals surface area contributed by atoms with Gasteiger partial charge in [0.15, 0.2) is 11.5 Å². The minimum Gasteiger partial charge on any atom is -0.507 e. The van der Waals surface area contributed by atoms with Crippen molar-refractivity contribution in [2.75, 3.05) is 19.8 Å². The molecule has 1 aliphatic heterocycles. The summed E-state index contributed by atoms with van der Waals surface area (Å²) in [6.07, 6.45) is 1.02. The van der Waals surface area contributed by atoms with Crippen LogP contribution >= 0.6 is 0 Å². The molecule has 26 heavy (non-hydrogen) atoms. The third kappa shape index (κ3) is 2.97. The summed E-state index contributed by atoms with van der Waals surface area (Å²) < 4.78 is 22.3. The highest BCUT2D eigenvalue weighted by atomic mass is 16.5. The summed E-state index contributed by atoms with van der Waals surface area (Å²) in [5.41, 5.74) is 0.734. The van der Waals surface area contributed by atoms with Crippen molar-refractivity contribution in [1.82, 2.24) is 0 Å². The van der Waals surface area contributed by atoms with Gasteiger partial charge in [0.1, 0.15) is 17.1 Å². The van der Waals surface area contributed by atoms with E-state index in [0.29, 0.717) is 29.4 Å². The maximum atomic E-state index is 11.9. The summed E-state index contributed by atoms with van der Waals surface area (Å²) in [5.74, 6) is 1.74. The first-order valence-electron chi connectivity index (χ1n) is 8.60. The van der Waals surface area contributed by atoms with Crippen molar-refractivity contribution in [3.8, 4) is 23.0 Å². The third-order valence-corrected chi connectivity index (χ3v) is 4.77. The van der Waals surface area contributed by atoms with E-state index in [-0.39, 0.29) is 17.1 Å². The average Bonchev–Trinajstić information content (AvgIpc) is 3.30. The van der Waals surface area contributed by atoms with Crippen molar-refractivity contribution in [2.24, 2.45) is 5.92 Å². The number of fused-ring (bicyclic) bond motifs is 1. The van der Waals surface area contributed by atoms with Crippen LogP contribution in [0.1, 0.15) is 17.5 Å². The molecule has 0 amide bonds. The quantitative estimate of drug-likeness (QED) is 0.766.